The summed E-state index contributed by atoms with van der Waals surface area (Å²) in [6.45, 7) is 7.68. The molecule has 2 aliphatic heterocycles. The van der Waals surface area contributed by atoms with Crippen LogP contribution in [0.4, 0.5) is 0 Å². The number of nitrogens with one attached hydrogen (secondary N) is 1. The van der Waals surface area contributed by atoms with Crippen LogP contribution in [-0.4, -0.2) is 66.7 Å². The van der Waals surface area contributed by atoms with Crippen LogP contribution in [0.2, 0.25) is 0 Å². The number of hydrogen-bond donors (Lipinski definition) is 1. The number of likely N-dealkylation sites (tertiary alicyclic amines) is 1. The number of aliphatic imine (C=N–C) groups is 1. The molecule has 0 bridgehead atoms. The second-order valence-electron chi connectivity index (χ2n) is 8.09. The van der Waals surface area contributed by atoms with E-state index in [9.17, 15) is 8.42 Å². The summed E-state index contributed by atoms with van der Waals surface area (Å²) in [5.41, 5.74) is 1.28. The van der Waals surface area contributed by atoms with Gasteiger partial charge in [-0.15, -0.1) is 24.0 Å². The Morgan fingerprint density at radius 2 is 2.19 bits per heavy atom. The molecule has 1 aromatic heterocycles. The van der Waals surface area contributed by atoms with Gasteiger partial charge in [0.1, 0.15) is 0 Å². The van der Waals surface area contributed by atoms with Crippen molar-refractivity contribution in [1.29, 1.82) is 0 Å². The fraction of sp³-hybridized carbons (Fsp3) is 0.778. The zero-order chi connectivity index (χ0) is 18.7. The third kappa shape index (κ3) is 6.33. The van der Waals surface area contributed by atoms with Gasteiger partial charge >= 0.3 is 0 Å². The van der Waals surface area contributed by atoms with Crippen LogP contribution in [0, 0.1) is 11.8 Å². The van der Waals surface area contributed by atoms with Crippen LogP contribution in [0.15, 0.2) is 17.4 Å². The molecule has 7 nitrogen and oxygen atoms in total. The van der Waals surface area contributed by atoms with Gasteiger partial charge < -0.3 is 10.2 Å². The maximum absolute atomic E-state index is 11.7. The lowest BCUT2D eigenvalue weighted by Gasteiger charge is -2.23. The molecule has 0 amide bonds. The average molecular weight is 509 g/mol. The van der Waals surface area contributed by atoms with Crippen molar-refractivity contribution in [3.63, 3.8) is 0 Å². The van der Waals surface area contributed by atoms with Crippen LogP contribution < -0.4 is 5.32 Å². The smallest absolute Gasteiger partial charge is 0.193 e. The lowest BCUT2D eigenvalue weighted by Crippen LogP contribution is -2.42. The Hall–Kier alpha value is -0.840. The lowest BCUT2D eigenvalue weighted by atomic mass is 10.0. The molecule has 0 saturated carbocycles. The monoisotopic (exact) mass is 509 g/mol. The zero-order valence-electron chi connectivity index (χ0n) is 16.5. The van der Waals surface area contributed by atoms with Gasteiger partial charge in [-0.3, -0.25) is 9.67 Å². The SMILES string of the molecule is CC(C)CN=C(NCC1CCS(=O)(=O)C1)N1CCC(c2cnn(C)c2)C1.I. The maximum atomic E-state index is 11.7. The Bertz CT molecular complexity index is 747. The number of nitrogens with zero attached hydrogens (tertiary/aromatic N) is 4. The first-order valence-electron chi connectivity index (χ1n) is 9.54. The molecule has 0 spiro atoms. The van der Waals surface area contributed by atoms with Gasteiger partial charge in [-0.25, -0.2) is 8.42 Å². The van der Waals surface area contributed by atoms with Crippen LogP contribution in [0.3, 0.4) is 0 Å². The Morgan fingerprint density at radius 3 is 2.78 bits per heavy atom. The van der Waals surface area contributed by atoms with Crippen molar-refractivity contribution in [3.05, 3.63) is 18.0 Å². The molecular formula is C18H32IN5O2S. The molecule has 2 unspecified atom stereocenters. The fourth-order valence-electron chi connectivity index (χ4n) is 3.68. The van der Waals surface area contributed by atoms with E-state index in [1.54, 1.807) is 0 Å². The Morgan fingerprint density at radius 1 is 1.41 bits per heavy atom. The molecule has 154 valence electrons. The highest BCUT2D eigenvalue weighted by Crippen LogP contribution is 2.27. The lowest BCUT2D eigenvalue weighted by molar-refractivity contribution is 0.466. The Kier molecular flexibility index (Phi) is 7.96. The predicted octanol–water partition coefficient (Wildman–Crippen LogP) is 1.86. The van der Waals surface area contributed by atoms with Crippen molar-refractivity contribution in [2.75, 3.05) is 37.7 Å². The van der Waals surface area contributed by atoms with Gasteiger partial charge in [0.15, 0.2) is 15.8 Å². The number of hydrogen-bond acceptors (Lipinski definition) is 4. The highest BCUT2D eigenvalue weighted by Gasteiger charge is 2.30. The third-order valence-corrected chi connectivity index (χ3v) is 7.00. The standard InChI is InChI=1S/C18H31N5O2S.HI/c1-14(2)8-19-18(20-9-15-5-7-26(24,25)13-15)23-6-4-16(12-23)17-10-21-22(3)11-17;/h10-11,14-16H,4-9,12-13H2,1-3H3,(H,19,20);1H. The first kappa shape index (κ1) is 22.4. The summed E-state index contributed by atoms with van der Waals surface area (Å²) in [4.78, 5) is 7.11. The second kappa shape index (κ2) is 9.58. The molecule has 0 radical (unpaired) electrons. The van der Waals surface area contributed by atoms with Gasteiger partial charge in [0.2, 0.25) is 0 Å². The van der Waals surface area contributed by atoms with Crippen molar-refractivity contribution < 1.29 is 8.42 Å². The normalized spacial score (nSPS) is 25.0. The summed E-state index contributed by atoms with van der Waals surface area (Å²) in [5.74, 6) is 2.72. The highest BCUT2D eigenvalue weighted by molar-refractivity contribution is 14.0. The van der Waals surface area contributed by atoms with Crippen LogP contribution in [0.5, 0.6) is 0 Å². The summed E-state index contributed by atoms with van der Waals surface area (Å²) in [6.07, 6.45) is 5.89. The first-order valence-corrected chi connectivity index (χ1v) is 11.4. The molecule has 3 heterocycles. The van der Waals surface area contributed by atoms with Crippen LogP contribution in [0.25, 0.3) is 0 Å². The van der Waals surface area contributed by atoms with Gasteiger partial charge in [0.25, 0.3) is 0 Å². The fourth-order valence-corrected chi connectivity index (χ4v) is 5.54. The van der Waals surface area contributed by atoms with E-state index in [4.69, 9.17) is 4.99 Å². The number of sulfone groups is 1. The number of guanidine groups is 1. The van der Waals surface area contributed by atoms with Crippen LogP contribution in [0.1, 0.15) is 38.2 Å². The predicted molar refractivity (Wildman–Crippen MR) is 119 cm³/mol. The second-order valence-corrected chi connectivity index (χ2v) is 10.3. The van der Waals surface area contributed by atoms with Gasteiger partial charge in [-0.2, -0.15) is 5.10 Å². The minimum Gasteiger partial charge on any atom is -0.356 e. The number of aryl methyl sites for hydroxylation is 1. The van der Waals surface area contributed by atoms with E-state index in [1.807, 2.05) is 17.9 Å². The molecule has 2 aliphatic rings. The maximum Gasteiger partial charge on any atom is 0.193 e. The zero-order valence-corrected chi connectivity index (χ0v) is 19.6. The molecular weight excluding hydrogens is 477 g/mol. The third-order valence-electron chi connectivity index (χ3n) is 5.17. The summed E-state index contributed by atoms with van der Waals surface area (Å²) in [6, 6.07) is 0. The quantitative estimate of drug-likeness (QED) is 0.373. The molecule has 9 heteroatoms. The van der Waals surface area contributed by atoms with E-state index in [0.717, 1.165) is 38.4 Å². The molecule has 2 fully saturated rings. The van der Waals surface area contributed by atoms with Gasteiger partial charge in [0.05, 0.1) is 17.7 Å². The molecule has 27 heavy (non-hydrogen) atoms. The van der Waals surface area contributed by atoms with Crippen molar-refractivity contribution >= 4 is 39.8 Å². The topological polar surface area (TPSA) is 79.6 Å². The van der Waals surface area contributed by atoms with Gasteiger partial charge in [-0.05, 0) is 30.2 Å². The first-order chi connectivity index (χ1) is 12.3. The van der Waals surface area contributed by atoms with E-state index in [0.29, 0.717) is 29.9 Å². The number of halogens is 1. The summed E-state index contributed by atoms with van der Waals surface area (Å²) >= 11 is 0. The van der Waals surface area contributed by atoms with Crippen LogP contribution in [-0.2, 0) is 16.9 Å². The Labute approximate surface area is 179 Å². The molecule has 0 aromatic carbocycles. The minimum absolute atomic E-state index is 0. The summed E-state index contributed by atoms with van der Waals surface area (Å²) in [5, 5.41) is 7.75. The largest absolute Gasteiger partial charge is 0.356 e. The molecule has 2 saturated heterocycles. The average Bonchev–Trinajstić information content (AvgIpc) is 3.27. The molecule has 1 aromatic rings. The van der Waals surface area contributed by atoms with Gasteiger partial charge in [0, 0.05) is 45.3 Å². The Balaban J connectivity index is 0.00000261. The van der Waals surface area contributed by atoms with E-state index in [2.05, 4.69) is 35.4 Å². The van der Waals surface area contributed by atoms with E-state index in [1.165, 1.54) is 5.56 Å². The van der Waals surface area contributed by atoms with E-state index >= 15 is 0 Å². The van der Waals surface area contributed by atoms with Crippen molar-refractivity contribution in [2.45, 2.75) is 32.6 Å². The molecule has 2 atom stereocenters. The molecule has 3 rings (SSSR count). The molecule has 0 aliphatic carbocycles. The highest BCUT2D eigenvalue weighted by atomic mass is 127. The van der Waals surface area contributed by atoms with Crippen molar-refractivity contribution in [1.82, 2.24) is 20.0 Å². The summed E-state index contributed by atoms with van der Waals surface area (Å²) < 4.78 is 25.2. The minimum atomic E-state index is -2.83. The summed E-state index contributed by atoms with van der Waals surface area (Å²) in [7, 11) is -0.886. The number of rotatable bonds is 5. The molecule has 1 N–H and O–H groups in total. The van der Waals surface area contributed by atoms with E-state index < -0.39 is 9.84 Å². The van der Waals surface area contributed by atoms with E-state index in [-0.39, 0.29) is 29.9 Å². The van der Waals surface area contributed by atoms with Crippen molar-refractivity contribution in [3.8, 4) is 0 Å². The van der Waals surface area contributed by atoms with Crippen molar-refractivity contribution in [2.24, 2.45) is 23.9 Å². The van der Waals surface area contributed by atoms with Gasteiger partial charge in [-0.1, -0.05) is 13.8 Å². The van der Waals surface area contributed by atoms with Crippen LogP contribution >= 0.6 is 24.0 Å². The number of aromatic nitrogens is 2.